The van der Waals surface area contributed by atoms with Gasteiger partial charge in [0.05, 0.1) is 11.5 Å². The molecule has 2 aliphatic heterocycles. The Labute approximate surface area is 224 Å². The van der Waals surface area contributed by atoms with Crippen LogP contribution in [0, 0.1) is 31.6 Å². The van der Waals surface area contributed by atoms with Gasteiger partial charge in [0.2, 0.25) is 0 Å². The molecular formula is C32H36N2O4. The zero-order chi connectivity index (χ0) is 26.4. The minimum atomic E-state index is -1.19. The Kier molecular flexibility index (Phi) is 5.22. The highest BCUT2D eigenvalue weighted by Crippen LogP contribution is 2.66. The summed E-state index contributed by atoms with van der Waals surface area (Å²) in [5.74, 6) is 7.04. The Morgan fingerprint density at radius 2 is 1.97 bits per heavy atom. The van der Waals surface area contributed by atoms with Gasteiger partial charge in [-0.25, -0.2) is 0 Å². The van der Waals surface area contributed by atoms with Crippen LogP contribution in [-0.4, -0.2) is 69.8 Å². The van der Waals surface area contributed by atoms with Crippen LogP contribution < -0.4 is 4.74 Å². The minimum absolute atomic E-state index is 0.112. The Bertz CT molecular complexity index is 1400. The third-order valence-corrected chi connectivity index (χ3v) is 10.4. The van der Waals surface area contributed by atoms with E-state index in [1.807, 2.05) is 31.2 Å². The first kappa shape index (κ1) is 24.1. The van der Waals surface area contributed by atoms with Gasteiger partial charge in [0.25, 0.3) is 5.91 Å². The van der Waals surface area contributed by atoms with E-state index in [-0.39, 0.29) is 23.8 Å². The number of aryl methyl sites for hydroxylation is 2. The number of aromatic hydroxyl groups is 1. The first-order valence-electron chi connectivity index (χ1n) is 14.1. The molecule has 2 heterocycles. The largest absolute Gasteiger partial charge is 0.504 e. The summed E-state index contributed by atoms with van der Waals surface area (Å²) >= 11 is 0. The molecule has 2 aromatic carbocycles. The van der Waals surface area contributed by atoms with Crippen molar-refractivity contribution in [2.24, 2.45) is 5.92 Å². The fourth-order valence-electron chi connectivity index (χ4n) is 8.15. The highest BCUT2D eigenvalue weighted by atomic mass is 16.5. The molecule has 6 heteroatoms. The van der Waals surface area contributed by atoms with E-state index in [0.717, 1.165) is 42.6 Å². The third-order valence-electron chi connectivity index (χ3n) is 10.4. The zero-order valence-corrected chi connectivity index (χ0v) is 22.5. The lowest BCUT2D eigenvalue weighted by Crippen LogP contribution is -2.81. The monoisotopic (exact) mass is 512 g/mol. The number of amides is 1. The van der Waals surface area contributed by atoms with Crippen LogP contribution in [0.25, 0.3) is 0 Å². The number of benzene rings is 2. The summed E-state index contributed by atoms with van der Waals surface area (Å²) in [7, 11) is 1.80. The number of hydrogen-bond acceptors (Lipinski definition) is 5. The second-order valence-electron chi connectivity index (χ2n) is 12.3. The second kappa shape index (κ2) is 8.24. The lowest BCUT2D eigenvalue weighted by molar-refractivity contribution is -0.217. The van der Waals surface area contributed by atoms with E-state index in [0.29, 0.717) is 24.5 Å². The standard InChI is InChI=1S/C32H36N2O4/c1-19-4-5-21(16-20(19)2)8-13-28(36)33(3)25-11-12-27-31-14-15-34(18-22-6-7-22)26(32(25,31)37)17-23-9-10-24(35)30(38-27)29(23)31/h4-5,9-10,16,22,25-27,35,37H,6-7,11-12,14-15,17-18H2,1-3H3/t25-,26+,27+,31-,32-/m1/s1. The van der Waals surface area contributed by atoms with Crippen molar-refractivity contribution >= 4 is 5.91 Å². The van der Waals surface area contributed by atoms with Crippen LogP contribution in [0.4, 0.5) is 0 Å². The quantitative estimate of drug-likeness (QED) is 0.617. The summed E-state index contributed by atoms with van der Waals surface area (Å²) in [5, 5.41) is 23.8. The van der Waals surface area contributed by atoms with Crippen molar-refractivity contribution in [1.29, 1.82) is 0 Å². The number of rotatable bonds is 3. The average Bonchev–Trinajstić information content (AvgIpc) is 3.64. The van der Waals surface area contributed by atoms with E-state index >= 15 is 0 Å². The van der Waals surface area contributed by atoms with Gasteiger partial charge in [-0.2, -0.15) is 0 Å². The topological polar surface area (TPSA) is 73.2 Å². The molecule has 5 aliphatic rings. The zero-order valence-electron chi connectivity index (χ0n) is 22.5. The molecule has 2 N–H and O–H groups in total. The number of carbonyl (C=O) groups excluding carboxylic acids is 1. The summed E-state index contributed by atoms with van der Waals surface area (Å²) in [5.41, 5.74) is 3.48. The van der Waals surface area contributed by atoms with Crippen LogP contribution in [0.1, 0.15) is 59.9 Å². The van der Waals surface area contributed by atoms with Gasteiger partial charge < -0.3 is 19.8 Å². The van der Waals surface area contributed by atoms with Crippen molar-refractivity contribution in [3.8, 4) is 23.3 Å². The molecule has 5 atom stereocenters. The summed E-state index contributed by atoms with van der Waals surface area (Å²) in [6.07, 6.45) is 5.10. The third kappa shape index (κ3) is 3.18. The predicted molar refractivity (Wildman–Crippen MR) is 144 cm³/mol. The van der Waals surface area contributed by atoms with E-state index in [1.54, 1.807) is 18.0 Å². The average molecular weight is 513 g/mol. The molecule has 1 saturated heterocycles. The molecule has 1 amide bonds. The van der Waals surface area contributed by atoms with Gasteiger partial charge in [-0.3, -0.25) is 9.69 Å². The van der Waals surface area contributed by atoms with E-state index in [4.69, 9.17) is 4.74 Å². The molecule has 6 nitrogen and oxygen atoms in total. The summed E-state index contributed by atoms with van der Waals surface area (Å²) in [6.45, 7) is 6.00. The van der Waals surface area contributed by atoms with Crippen LogP contribution in [0.3, 0.4) is 0 Å². The predicted octanol–water partition coefficient (Wildman–Crippen LogP) is 3.45. The molecule has 3 fully saturated rings. The number of hydrogen-bond donors (Lipinski definition) is 2. The van der Waals surface area contributed by atoms with Gasteiger partial charge >= 0.3 is 0 Å². The van der Waals surface area contributed by atoms with Gasteiger partial charge in [-0.1, -0.05) is 18.1 Å². The summed E-state index contributed by atoms with van der Waals surface area (Å²) in [6, 6.07) is 9.23. The number of phenols is 1. The van der Waals surface area contributed by atoms with Gasteiger partial charge in [-0.05, 0) is 99.7 Å². The Morgan fingerprint density at radius 3 is 2.74 bits per heavy atom. The molecule has 7 rings (SSSR count). The first-order valence-corrected chi connectivity index (χ1v) is 14.1. The Hall–Kier alpha value is -3.01. The molecule has 38 heavy (non-hydrogen) atoms. The summed E-state index contributed by atoms with van der Waals surface area (Å²) < 4.78 is 6.46. The first-order chi connectivity index (χ1) is 18.2. The van der Waals surface area contributed by atoms with E-state index < -0.39 is 17.1 Å². The lowest BCUT2D eigenvalue weighted by Gasteiger charge is -2.66. The van der Waals surface area contributed by atoms with Gasteiger partial charge in [-0.15, -0.1) is 0 Å². The molecule has 3 aliphatic carbocycles. The van der Waals surface area contributed by atoms with Crippen LogP contribution in [0.15, 0.2) is 30.3 Å². The second-order valence-corrected chi connectivity index (χ2v) is 12.3. The number of likely N-dealkylation sites (tertiary alicyclic amines) is 1. The van der Waals surface area contributed by atoms with Crippen molar-refractivity contribution in [3.05, 3.63) is 58.1 Å². The number of likely N-dealkylation sites (N-methyl/N-ethyl adjacent to an activating group) is 1. The van der Waals surface area contributed by atoms with Crippen LogP contribution in [0.2, 0.25) is 0 Å². The van der Waals surface area contributed by atoms with Crippen molar-refractivity contribution in [1.82, 2.24) is 9.80 Å². The fraction of sp³-hybridized carbons (Fsp3) is 0.531. The smallest absolute Gasteiger partial charge is 0.298 e. The van der Waals surface area contributed by atoms with Crippen molar-refractivity contribution in [2.45, 2.75) is 81.6 Å². The maximum atomic E-state index is 13.5. The van der Waals surface area contributed by atoms with Gasteiger partial charge in [0.1, 0.15) is 11.7 Å². The van der Waals surface area contributed by atoms with Crippen molar-refractivity contribution in [3.63, 3.8) is 0 Å². The maximum Gasteiger partial charge on any atom is 0.298 e. The molecule has 2 aromatic rings. The number of piperidine rings is 1. The normalized spacial score (nSPS) is 32.6. The number of phenolic OH excluding ortho intramolecular Hbond substituents is 1. The Morgan fingerprint density at radius 1 is 1.16 bits per heavy atom. The number of ether oxygens (including phenoxy) is 1. The molecule has 2 bridgehead atoms. The van der Waals surface area contributed by atoms with Crippen LogP contribution in [0.5, 0.6) is 11.5 Å². The number of nitrogens with zero attached hydrogens (tertiary/aromatic N) is 2. The van der Waals surface area contributed by atoms with Crippen molar-refractivity contribution in [2.75, 3.05) is 20.1 Å². The van der Waals surface area contributed by atoms with Gasteiger partial charge in [0, 0.05) is 36.7 Å². The molecule has 198 valence electrons. The molecule has 0 aromatic heterocycles. The molecular weight excluding hydrogens is 476 g/mol. The van der Waals surface area contributed by atoms with Crippen LogP contribution >= 0.6 is 0 Å². The number of carbonyl (C=O) groups is 1. The Balaban J connectivity index is 1.29. The highest BCUT2D eigenvalue weighted by molar-refractivity contribution is 5.94. The molecule has 1 spiro atoms. The van der Waals surface area contributed by atoms with E-state index in [9.17, 15) is 15.0 Å². The SMILES string of the molecule is Cc1ccc(C#CC(=O)N(C)[C@@H]2CC[C@@H]3Oc4c(O)ccc5c4[C@@]34CCN(CC3CC3)[C@@H](C5)[C@]24O)cc1C. The summed E-state index contributed by atoms with van der Waals surface area (Å²) in [4.78, 5) is 17.7. The lowest BCUT2D eigenvalue weighted by atomic mass is 9.47. The highest BCUT2D eigenvalue weighted by Gasteiger charge is 2.74. The van der Waals surface area contributed by atoms with Crippen molar-refractivity contribution < 1.29 is 19.7 Å². The minimum Gasteiger partial charge on any atom is -0.504 e. The molecule has 2 saturated carbocycles. The van der Waals surface area contributed by atoms with Crippen LogP contribution in [-0.2, 0) is 16.6 Å². The molecule has 0 unspecified atom stereocenters. The van der Waals surface area contributed by atoms with E-state index in [1.165, 1.54) is 24.0 Å². The maximum absolute atomic E-state index is 13.5. The van der Waals surface area contributed by atoms with Gasteiger partial charge in [0.15, 0.2) is 11.5 Å². The van der Waals surface area contributed by atoms with E-state index in [2.05, 4.69) is 23.7 Å². The molecule has 0 radical (unpaired) electrons. The fourth-order valence-corrected chi connectivity index (χ4v) is 8.15. The number of aliphatic hydroxyl groups is 1.